The van der Waals surface area contributed by atoms with E-state index in [1.165, 1.54) is 51.2 Å². The van der Waals surface area contributed by atoms with Crippen LogP contribution in [-0.2, 0) is 38.7 Å². The zero-order valence-electron chi connectivity index (χ0n) is 31.1. The van der Waals surface area contributed by atoms with Gasteiger partial charge in [0.05, 0.1) is 22.9 Å². The minimum atomic E-state index is -3.66. The number of halogens is 1. The summed E-state index contributed by atoms with van der Waals surface area (Å²) in [6.45, 7) is 12.0. The molecule has 2 aromatic heterocycles. The standard InChI is InChI=1S/C19H23FN2O4S2.C17H28N2O5S/c1-19(2,28(24,25)12-13-7-9-26-10-8-13)17(23)22-18-21-16(11-27-18)14-3-5-15(20)6-4-14;1-5-12(2)14-10-15(24-19-14)18-16(20)17(3,4)25(21,22)11-13-6-8-23-9-7-13/h3-6,11,13H,7-10,12H2,1-2H3,(H,21,22,23);10,12-13H,5-9,11H2,1-4H3,(H,18,20). The van der Waals surface area contributed by atoms with Crippen LogP contribution in [0, 0.1) is 17.7 Å². The van der Waals surface area contributed by atoms with Crippen LogP contribution in [0.25, 0.3) is 11.3 Å². The zero-order valence-corrected chi connectivity index (χ0v) is 33.6. The van der Waals surface area contributed by atoms with Gasteiger partial charge in [-0.25, -0.2) is 26.2 Å². The number of aromatic nitrogens is 2. The molecule has 2 aliphatic rings. The quantitative estimate of drug-likeness (QED) is 0.199. The summed E-state index contributed by atoms with van der Waals surface area (Å²) in [5.74, 6) is -1.17. The molecule has 0 spiro atoms. The second-order valence-corrected chi connectivity index (χ2v) is 20.6. The van der Waals surface area contributed by atoms with Gasteiger partial charge in [-0.2, -0.15) is 0 Å². The smallest absolute Gasteiger partial charge is 0.247 e. The van der Waals surface area contributed by atoms with Crippen molar-refractivity contribution in [2.24, 2.45) is 11.8 Å². The fourth-order valence-corrected chi connectivity index (χ4v) is 9.65. The van der Waals surface area contributed by atoms with Crippen LogP contribution in [0.5, 0.6) is 0 Å². The first kappa shape index (κ1) is 42.5. The molecular weight excluding hydrogens is 748 g/mol. The Kier molecular flexibility index (Phi) is 14.4. The molecule has 53 heavy (non-hydrogen) atoms. The molecule has 2 amide bonds. The fraction of sp³-hybridized carbons (Fsp3) is 0.611. The van der Waals surface area contributed by atoms with E-state index in [-0.39, 0.29) is 41.0 Å². The van der Waals surface area contributed by atoms with Crippen LogP contribution in [0.3, 0.4) is 0 Å². The Labute approximate surface area is 315 Å². The maximum Gasteiger partial charge on any atom is 0.247 e. The number of anilines is 2. The van der Waals surface area contributed by atoms with Crippen molar-refractivity contribution in [2.75, 3.05) is 48.6 Å². The van der Waals surface area contributed by atoms with Crippen molar-refractivity contribution < 1.29 is 44.8 Å². The van der Waals surface area contributed by atoms with Gasteiger partial charge >= 0.3 is 0 Å². The molecule has 2 N–H and O–H groups in total. The van der Waals surface area contributed by atoms with Crippen molar-refractivity contribution in [3.8, 4) is 11.3 Å². The first-order valence-corrected chi connectivity index (χ1v) is 22.0. The zero-order chi connectivity index (χ0) is 39.0. The molecule has 5 rings (SSSR count). The van der Waals surface area contributed by atoms with E-state index in [4.69, 9.17) is 14.0 Å². The maximum atomic E-state index is 13.1. The van der Waals surface area contributed by atoms with Crippen LogP contribution in [0.15, 0.2) is 40.2 Å². The Morgan fingerprint density at radius 2 is 1.36 bits per heavy atom. The molecule has 1 unspecified atom stereocenters. The third kappa shape index (κ3) is 10.9. The number of benzene rings is 1. The number of hydrogen-bond acceptors (Lipinski definition) is 12. The van der Waals surface area contributed by atoms with Crippen molar-refractivity contribution in [2.45, 2.75) is 89.1 Å². The highest BCUT2D eigenvalue weighted by molar-refractivity contribution is 7.93. The lowest BCUT2D eigenvalue weighted by Gasteiger charge is -2.28. The fourth-order valence-electron chi connectivity index (χ4n) is 5.53. The normalized spacial score (nSPS) is 17.0. The molecule has 13 nitrogen and oxygen atoms in total. The van der Waals surface area contributed by atoms with Gasteiger partial charge in [0.15, 0.2) is 24.8 Å². The van der Waals surface area contributed by atoms with E-state index in [9.17, 15) is 30.8 Å². The minimum absolute atomic E-state index is 0.00863. The predicted octanol–water partition coefficient (Wildman–Crippen LogP) is 6.25. The molecule has 0 saturated carbocycles. The molecule has 2 saturated heterocycles. The Balaban J connectivity index is 0.000000238. The Morgan fingerprint density at radius 3 is 1.85 bits per heavy atom. The van der Waals surface area contributed by atoms with Crippen molar-refractivity contribution in [1.29, 1.82) is 0 Å². The predicted molar refractivity (Wildman–Crippen MR) is 203 cm³/mol. The summed E-state index contributed by atoms with van der Waals surface area (Å²) in [4.78, 5) is 29.6. The average molecular weight is 799 g/mol. The van der Waals surface area contributed by atoms with E-state index in [0.717, 1.165) is 12.1 Å². The summed E-state index contributed by atoms with van der Waals surface area (Å²) in [5, 5.41) is 11.1. The molecule has 1 atom stereocenters. The Hall–Kier alpha value is -3.25. The molecule has 294 valence electrons. The highest BCUT2D eigenvalue weighted by Crippen LogP contribution is 2.30. The third-order valence-corrected chi connectivity index (χ3v) is 16.0. The van der Waals surface area contributed by atoms with Crippen LogP contribution >= 0.6 is 11.3 Å². The number of thiazole rings is 1. The molecule has 0 aliphatic carbocycles. The number of nitrogens with zero attached hydrogens (tertiary/aromatic N) is 2. The maximum absolute atomic E-state index is 13.1. The molecule has 2 aliphatic heterocycles. The van der Waals surface area contributed by atoms with Gasteiger partial charge in [-0.3, -0.25) is 14.9 Å². The summed E-state index contributed by atoms with van der Waals surface area (Å²) >= 11 is 1.19. The largest absolute Gasteiger partial charge is 0.381 e. The highest BCUT2D eigenvalue weighted by atomic mass is 32.2. The molecule has 0 radical (unpaired) electrons. The first-order valence-electron chi connectivity index (χ1n) is 17.8. The van der Waals surface area contributed by atoms with E-state index < -0.39 is 41.0 Å². The molecule has 0 bridgehead atoms. The molecular formula is C36H51FN4O9S3. The summed E-state index contributed by atoms with van der Waals surface area (Å²) in [7, 11) is -7.28. The Bertz CT molecular complexity index is 1900. The van der Waals surface area contributed by atoms with Crippen LogP contribution < -0.4 is 10.6 Å². The van der Waals surface area contributed by atoms with Crippen molar-refractivity contribution in [3.05, 3.63) is 47.2 Å². The molecule has 1 aromatic carbocycles. The van der Waals surface area contributed by atoms with Crippen LogP contribution in [0.1, 0.15) is 85.3 Å². The van der Waals surface area contributed by atoms with E-state index in [2.05, 4.69) is 20.8 Å². The van der Waals surface area contributed by atoms with Crippen LogP contribution in [-0.4, -0.2) is 86.2 Å². The van der Waals surface area contributed by atoms with E-state index >= 15 is 0 Å². The SMILES string of the molecule is CC(C)(C(=O)Nc1nc(-c2ccc(F)cc2)cs1)S(=O)(=O)CC1CCOCC1.CCC(C)c1cc(NC(=O)C(C)(C)S(=O)(=O)CC2CCOCC2)on1. The molecule has 2 fully saturated rings. The monoisotopic (exact) mass is 798 g/mol. The van der Waals surface area contributed by atoms with Gasteiger partial charge in [0, 0.05) is 49.4 Å². The number of carbonyl (C=O) groups is 2. The van der Waals surface area contributed by atoms with Gasteiger partial charge in [-0.05, 0) is 95.9 Å². The number of nitrogens with one attached hydrogen (secondary N) is 2. The number of hydrogen-bond donors (Lipinski definition) is 2. The molecule has 17 heteroatoms. The number of ether oxygens (including phenoxy) is 2. The second kappa shape index (κ2) is 17.9. The van der Waals surface area contributed by atoms with E-state index in [1.54, 1.807) is 23.6 Å². The van der Waals surface area contributed by atoms with Crippen molar-refractivity contribution >= 4 is 53.8 Å². The van der Waals surface area contributed by atoms with Crippen LogP contribution in [0.2, 0.25) is 0 Å². The Morgan fingerprint density at radius 1 is 0.868 bits per heavy atom. The highest BCUT2D eigenvalue weighted by Gasteiger charge is 2.44. The molecule has 4 heterocycles. The summed E-state index contributed by atoms with van der Waals surface area (Å²) in [6, 6.07) is 7.50. The number of sulfone groups is 2. The van der Waals surface area contributed by atoms with Crippen molar-refractivity contribution in [3.63, 3.8) is 0 Å². The summed E-state index contributed by atoms with van der Waals surface area (Å²) in [6.07, 6.45) is 3.67. The van der Waals surface area contributed by atoms with Gasteiger partial charge in [-0.15, -0.1) is 11.3 Å². The van der Waals surface area contributed by atoms with Gasteiger partial charge in [-0.1, -0.05) is 19.0 Å². The van der Waals surface area contributed by atoms with Gasteiger partial charge < -0.3 is 19.3 Å². The second-order valence-electron chi connectivity index (χ2n) is 14.6. The summed E-state index contributed by atoms with van der Waals surface area (Å²) in [5.41, 5.74) is 2.04. The number of rotatable bonds is 13. The van der Waals surface area contributed by atoms with Gasteiger partial charge in [0.1, 0.15) is 15.3 Å². The minimum Gasteiger partial charge on any atom is -0.381 e. The average Bonchev–Trinajstić information content (AvgIpc) is 3.79. The van der Waals surface area contributed by atoms with Crippen molar-refractivity contribution in [1.82, 2.24) is 10.1 Å². The van der Waals surface area contributed by atoms with E-state index in [0.29, 0.717) is 68.5 Å². The van der Waals surface area contributed by atoms with Gasteiger partial charge in [0.25, 0.3) is 0 Å². The lowest BCUT2D eigenvalue weighted by Crippen LogP contribution is -2.47. The lowest BCUT2D eigenvalue weighted by molar-refractivity contribution is -0.118. The third-order valence-electron chi connectivity index (χ3n) is 9.99. The molecule has 3 aromatic rings. The number of amides is 2. The van der Waals surface area contributed by atoms with E-state index in [1.807, 2.05) is 13.8 Å². The van der Waals surface area contributed by atoms with Gasteiger partial charge in [0.2, 0.25) is 17.7 Å². The van der Waals surface area contributed by atoms with Crippen LogP contribution in [0.4, 0.5) is 15.4 Å². The number of carbonyl (C=O) groups excluding carboxylic acids is 2. The summed E-state index contributed by atoms with van der Waals surface area (Å²) < 4.78 is 76.8. The topological polar surface area (TPSA) is 184 Å². The first-order chi connectivity index (χ1) is 24.9. The lowest BCUT2D eigenvalue weighted by atomic mass is 10.0.